The molecule has 1 aromatic carbocycles. The Labute approximate surface area is 153 Å². The average molecular weight is 490 g/mol. The van der Waals surface area contributed by atoms with E-state index in [1.54, 1.807) is 6.92 Å². The van der Waals surface area contributed by atoms with Gasteiger partial charge in [-0.15, -0.1) is 15.0 Å². The molecule has 134 valence electrons. The van der Waals surface area contributed by atoms with Crippen LogP contribution in [0.15, 0.2) is 24.3 Å². The maximum absolute atomic E-state index is 11.0. The van der Waals surface area contributed by atoms with Gasteiger partial charge >= 0.3 is 0 Å². The number of aromatic nitrogens is 4. The minimum Gasteiger partial charge on any atom is -0.286 e. The van der Waals surface area contributed by atoms with Crippen molar-refractivity contribution in [3.63, 3.8) is 0 Å². The minimum atomic E-state index is -3.67. The molecule has 0 aliphatic carbocycles. The lowest BCUT2D eigenvalue weighted by molar-refractivity contribution is 0.226. The van der Waals surface area contributed by atoms with Crippen LogP contribution in [0.3, 0.4) is 0 Å². The maximum Gasteiger partial charge on any atom is 0.265 e. The zero-order valence-electron chi connectivity index (χ0n) is 12.9. The molecule has 0 saturated heterocycles. The Bertz CT molecular complexity index is 889. The first kappa shape index (κ1) is 20.9. The second-order valence-electron chi connectivity index (χ2n) is 4.59. The molecule has 0 fully saturated rings. The van der Waals surface area contributed by atoms with E-state index in [0.717, 1.165) is 15.5 Å². The summed E-state index contributed by atoms with van der Waals surface area (Å²) in [6.07, 6.45) is 0.923. The topological polar surface area (TPSA) is 141 Å². The molecule has 1 aromatic heterocycles. The molecule has 13 heteroatoms. The average Bonchev–Trinajstić information content (AvgIpc) is 2.84. The summed E-state index contributed by atoms with van der Waals surface area (Å²) in [6, 6.07) is 7.53. The lowest BCUT2D eigenvalue weighted by Crippen LogP contribution is -2.09. The summed E-state index contributed by atoms with van der Waals surface area (Å²) in [4.78, 5) is 1.33. The molecule has 24 heavy (non-hydrogen) atoms. The van der Waals surface area contributed by atoms with E-state index >= 15 is 0 Å². The van der Waals surface area contributed by atoms with Gasteiger partial charge in [-0.25, -0.2) is 0 Å². The van der Waals surface area contributed by atoms with Gasteiger partial charge in [-0.1, -0.05) is 6.07 Å². The predicted molar refractivity (Wildman–Crippen MR) is 93.7 cm³/mol. The molecule has 0 aliphatic heterocycles. The van der Waals surface area contributed by atoms with E-state index in [1.807, 2.05) is 24.3 Å². The molecule has 0 saturated carbocycles. The Morgan fingerprint density at radius 3 is 2.33 bits per heavy atom. The van der Waals surface area contributed by atoms with E-state index in [9.17, 15) is 16.8 Å². The number of tetrazole rings is 1. The maximum atomic E-state index is 11.0. The lowest BCUT2D eigenvalue weighted by atomic mass is 10.3. The Hall–Kier alpha value is -1.16. The van der Waals surface area contributed by atoms with Gasteiger partial charge in [-0.2, -0.15) is 16.8 Å². The van der Waals surface area contributed by atoms with Gasteiger partial charge < -0.3 is 0 Å². The fourth-order valence-corrected chi connectivity index (χ4v) is 2.54. The van der Waals surface area contributed by atoms with Crippen LogP contribution in [-0.2, 0) is 24.4 Å². The molecule has 0 radical (unpaired) electrons. The second-order valence-corrected chi connectivity index (χ2v) is 8.90. The largest absolute Gasteiger partial charge is 0.286 e. The van der Waals surface area contributed by atoms with Gasteiger partial charge in [0.05, 0.1) is 18.2 Å². The number of halogens is 1. The first-order chi connectivity index (χ1) is 10.8. The molecule has 0 aliphatic rings. The zero-order chi connectivity index (χ0) is 18.5. The Balaban J connectivity index is 0.000000505. The van der Waals surface area contributed by atoms with Crippen LogP contribution >= 0.6 is 22.6 Å². The van der Waals surface area contributed by atoms with Crippen molar-refractivity contribution in [1.29, 1.82) is 0 Å². The number of hydrogen-bond donors (Lipinski definition) is 1. The fraction of sp³-hybridized carbons (Fsp3) is 0.364. The van der Waals surface area contributed by atoms with Gasteiger partial charge in [0.1, 0.15) is 6.10 Å². The number of rotatable bonds is 4. The van der Waals surface area contributed by atoms with E-state index < -0.39 is 26.3 Å². The highest BCUT2D eigenvalue weighted by Gasteiger charge is 2.18. The minimum absolute atomic E-state index is 0.212. The summed E-state index contributed by atoms with van der Waals surface area (Å²) < 4.78 is 53.8. The normalized spacial score (nSPS) is 13.0. The fourth-order valence-electron chi connectivity index (χ4n) is 1.40. The first-order valence-electron chi connectivity index (χ1n) is 6.22. The second kappa shape index (κ2) is 8.28. The van der Waals surface area contributed by atoms with Crippen molar-refractivity contribution >= 4 is 42.8 Å². The molecular formula is C11H15IN4O6S2. The molecule has 2 rings (SSSR count). The summed E-state index contributed by atoms with van der Waals surface area (Å²) in [5, 5.41) is 11.8. The van der Waals surface area contributed by atoms with Crippen molar-refractivity contribution in [1.82, 2.24) is 20.2 Å². The molecule has 10 nitrogen and oxygen atoms in total. The molecule has 0 spiro atoms. The molecule has 1 unspecified atom stereocenters. The van der Waals surface area contributed by atoms with E-state index in [1.165, 1.54) is 4.80 Å². The van der Waals surface area contributed by atoms with E-state index in [4.69, 9.17) is 8.74 Å². The van der Waals surface area contributed by atoms with Crippen LogP contribution < -0.4 is 0 Å². The van der Waals surface area contributed by atoms with Gasteiger partial charge in [0.2, 0.25) is 5.82 Å². The standard InChI is InChI=1S/C10H11IN4O3S.CH4O3S/c1-7(18-19(2,16)17)10-12-14-15(13-10)9-5-3-4-8(11)6-9;1-5(2,3)4/h3-7H,1-2H3;1H3,(H,2,3,4). The summed E-state index contributed by atoms with van der Waals surface area (Å²) in [7, 11) is -7.22. The van der Waals surface area contributed by atoms with Gasteiger partial charge in [-0.3, -0.25) is 8.74 Å². The van der Waals surface area contributed by atoms with E-state index in [0.29, 0.717) is 6.26 Å². The molecular weight excluding hydrogens is 475 g/mol. The third-order valence-corrected chi connectivity index (χ3v) is 3.46. The summed E-state index contributed by atoms with van der Waals surface area (Å²) >= 11 is 2.18. The molecule has 1 N–H and O–H groups in total. The molecule has 0 amide bonds. The van der Waals surface area contributed by atoms with Crippen molar-refractivity contribution in [2.24, 2.45) is 0 Å². The molecule has 2 aromatic rings. The van der Waals surface area contributed by atoms with Gasteiger partial charge in [0.25, 0.3) is 20.2 Å². The third-order valence-electron chi connectivity index (χ3n) is 2.15. The molecule has 1 atom stereocenters. The van der Waals surface area contributed by atoms with Crippen molar-refractivity contribution in [2.45, 2.75) is 13.0 Å². The number of hydrogen-bond acceptors (Lipinski definition) is 8. The van der Waals surface area contributed by atoms with Gasteiger partial charge in [-0.05, 0) is 52.9 Å². The highest BCUT2D eigenvalue weighted by atomic mass is 127. The predicted octanol–water partition coefficient (Wildman–Crippen LogP) is 0.808. The van der Waals surface area contributed by atoms with Crippen molar-refractivity contribution in [2.75, 3.05) is 12.5 Å². The number of benzene rings is 1. The van der Waals surface area contributed by atoms with Gasteiger partial charge in [0.15, 0.2) is 0 Å². The SMILES string of the molecule is CC(OS(C)(=O)=O)c1nnn(-c2cccc(I)c2)n1.CS(=O)(=O)O. The quantitative estimate of drug-likeness (QED) is 0.374. The van der Waals surface area contributed by atoms with E-state index in [2.05, 4.69) is 38.0 Å². The number of nitrogens with zero attached hydrogens (tertiary/aromatic N) is 4. The van der Waals surface area contributed by atoms with Crippen LogP contribution in [-0.4, -0.2) is 54.1 Å². The van der Waals surface area contributed by atoms with Crippen LogP contribution in [0, 0.1) is 3.57 Å². The van der Waals surface area contributed by atoms with Crippen molar-refractivity contribution < 1.29 is 25.6 Å². The Morgan fingerprint density at radius 1 is 1.25 bits per heavy atom. The smallest absolute Gasteiger partial charge is 0.265 e. The van der Waals surface area contributed by atoms with Gasteiger partial charge in [0, 0.05) is 3.57 Å². The lowest BCUT2D eigenvalue weighted by Gasteiger charge is -2.05. The van der Waals surface area contributed by atoms with E-state index in [-0.39, 0.29) is 5.82 Å². The molecule has 0 bridgehead atoms. The van der Waals surface area contributed by atoms with Crippen LogP contribution in [0.5, 0.6) is 0 Å². The van der Waals surface area contributed by atoms with Crippen LogP contribution in [0.1, 0.15) is 18.9 Å². The highest BCUT2D eigenvalue weighted by Crippen LogP contribution is 2.15. The third kappa shape index (κ3) is 8.62. The summed E-state index contributed by atoms with van der Waals surface area (Å²) in [5.74, 6) is 0.212. The highest BCUT2D eigenvalue weighted by molar-refractivity contribution is 14.1. The monoisotopic (exact) mass is 490 g/mol. The van der Waals surface area contributed by atoms with Crippen molar-refractivity contribution in [3.05, 3.63) is 33.7 Å². The van der Waals surface area contributed by atoms with Crippen LogP contribution in [0.4, 0.5) is 0 Å². The van der Waals surface area contributed by atoms with Crippen LogP contribution in [0.25, 0.3) is 5.69 Å². The van der Waals surface area contributed by atoms with Crippen molar-refractivity contribution in [3.8, 4) is 5.69 Å². The molecule has 1 heterocycles. The summed E-state index contributed by atoms with van der Waals surface area (Å²) in [6.45, 7) is 1.55. The first-order valence-corrected chi connectivity index (χ1v) is 11.0. The van der Waals surface area contributed by atoms with Crippen LogP contribution in [0.2, 0.25) is 0 Å². The Kier molecular flexibility index (Phi) is 7.21. The zero-order valence-corrected chi connectivity index (χ0v) is 16.6. The summed E-state index contributed by atoms with van der Waals surface area (Å²) in [5.41, 5.74) is 0.747. The Morgan fingerprint density at radius 2 is 1.83 bits per heavy atom.